The maximum Gasteiger partial charge on any atom is 0.196 e. The first-order valence-corrected chi connectivity index (χ1v) is 11.5. The number of hydrogen-bond acceptors (Lipinski definition) is 4. The van der Waals surface area contributed by atoms with Crippen molar-refractivity contribution in [3.8, 4) is 17.1 Å². The van der Waals surface area contributed by atoms with Gasteiger partial charge in [-0.25, -0.2) is 0 Å². The normalized spacial score (nSPS) is 11.2. The van der Waals surface area contributed by atoms with Crippen LogP contribution in [0, 0.1) is 6.92 Å². The number of allylic oxidation sites excluding steroid dienone is 2. The molecule has 0 N–H and O–H groups in total. The van der Waals surface area contributed by atoms with Crippen molar-refractivity contribution < 1.29 is 9.15 Å². The van der Waals surface area contributed by atoms with Crippen molar-refractivity contribution in [2.45, 2.75) is 27.2 Å². The molecule has 0 aliphatic heterocycles. The lowest BCUT2D eigenvalue weighted by Gasteiger charge is -2.13. The van der Waals surface area contributed by atoms with Gasteiger partial charge in [-0.15, -0.1) is 11.3 Å². The summed E-state index contributed by atoms with van der Waals surface area (Å²) in [6.45, 7) is 6.36. The molecule has 0 saturated carbocycles. The summed E-state index contributed by atoms with van der Waals surface area (Å²) in [4.78, 5) is 14.5. The van der Waals surface area contributed by atoms with E-state index >= 15 is 0 Å². The Morgan fingerprint density at radius 2 is 1.88 bits per heavy atom. The quantitative estimate of drug-likeness (QED) is 0.279. The molecule has 0 bridgehead atoms. The number of benzene rings is 2. The standard InChI is InChI=1S/C28H26O3S/c1-19(2)16-17-30-25-15-14-24-26(29)20(3)27(21-9-5-4-6-10-21)31-28(24)23(25)13-7-11-22-12-8-18-32-22/h4-10,12-16,18H,11,17H2,1-3H3. The molecule has 2 aromatic heterocycles. The van der Waals surface area contributed by atoms with Crippen LogP contribution >= 0.6 is 11.3 Å². The highest BCUT2D eigenvalue weighted by atomic mass is 32.1. The van der Waals surface area contributed by atoms with Gasteiger partial charge in [0.2, 0.25) is 0 Å². The summed E-state index contributed by atoms with van der Waals surface area (Å²) in [6, 6.07) is 17.6. The Balaban J connectivity index is 1.87. The smallest absolute Gasteiger partial charge is 0.196 e. The number of fused-ring (bicyclic) bond motifs is 1. The van der Waals surface area contributed by atoms with Gasteiger partial charge in [-0.2, -0.15) is 0 Å². The molecule has 0 radical (unpaired) electrons. The van der Waals surface area contributed by atoms with Crippen molar-refractivity contribution >= 4 is 28.4 Å². The maximum absolute atomic E-state index is 13.2. The van der Waals surface area contributed by atoms with Crippen LogP contribution in [0.25, 0.3) is 28.4 Å². The molecule has 32 heavy (non-hydrogen) atoms. The summed E-state index contributed by atoms with van der Waals surface area (Å²) in [5.41, 5.74) is 4.00. The Bertz CT molecular complexity index is 1320. The van der Waals surface area contributed by atoms with E-state index in [1.165, 1.54) is 10.5 Å². The van der Waals surface area contributed by atoms with E-state index in [-0.39, 0.29) is 5.43 Å². The largest absolute Gasteiger partial charge is 0.489 e. The first-order chi connectivity index (χ1) is 15.5. The SMILES string of the molecule is CC(C)=CCOc1ccc2c(=O)c(C)c(-c3ccccc3)oc2c1C=CCc1cccs1. The van der Waals surface area contributed by atoms with Gasteiger partial charge in [0.05, 0.1) is 10.9 Å². The van der Waals surface area contributed by atoms with E-state index in [0.29, 0.717) is 34.6 Å². The third kappa shape index (κ3) is 4.76. The molecule has 4 heteroatoms. The molecule has 3 nitrogen and oxygen atoms in total. The Morgan fingerprint density at radius 3 is 2.59 bits per heavy atom. The van der Waals surface area contributed by atoms with Crippen LogP contribution in [0.4, 0.5) is 0 Å². The zero-order valence-corrected chi connectivity index (χ0v) is 19.4. The minimum Gasteiger partial charge on any atom is -0.489 e. The average Bonchev–Trinajstić information content (AvgIpc) is 3.31. The predicted molar refractivity (Wildman–Crippen MR) is 135 cm³/mol. The Morgan fingerprint density at radius 1 is 1.06 bits per heavy atom. The molecule has 4 aromatic rings. The average molecular weight is 443 g/mol. The van der Waals surface area contributed by atoms with Crippen LogP contribution < -0.4 is 10.2 Å². The third-order valence-corrected chi connectivity index (χ3v) is 6.13. The number of hydrogen-bond donors (Lipinski definition) is 0. The summed E-state index contributed by atoms with van der Waals surface area (Å²) >= 11 is 1.72. The van der Waals surface area contributed by atoms with Crippen molar-refractivity contribution in [3.63, 3.8) is 0 Å². The molecular formula is C28H26O3S. The molecule has 0 unspecified atom stereocenters. The summed E-state index contributed by atoms with van der Waals surface area (Å²) in [6.07, 6.45) is 6.94. The summed E-state index contributed by atoms with van der Waals surface area (Å²) in [5, 5.41) is 2.63. The van der Waals surface area contributed by atoms with Gasteiger partial charge in [-0.1, -0.05) is 54.1 Å². The van der Waals surface area contributed by atoms with E-state index in [4.69, 9.17) is 9.15 Å². The van der Waals surface area contributed by atoms with Gasteiger partial charge < -0.3 is 9.15 Å². The van der Waals surface area contributed by atoms with Gasteiger partial charge in [0.1, 0.15) is 23.7 Å². The van der Waals surface area contributed by atoms with Crippen molar-refractivity contribution in [1.29, 1.82) is 0 Å². The molecule has 2 heterocycles. The summed E-state index contributed by atoms with van der Waals surface area (Å²) in [5.74, 6) is 1.29. The molecule has 2 aromatic carbocycles. The molecular weight excluding hydrogens is 416 g/mol. The van der Waals surface area contributed by atoms with Gasteiger partial charge in [0, 0.05) is 22.4 Å². The fraction of sp³-hybridized carbons (Fsp3) is 0.179. The molecule has 0 amide bonds. The fourth-order valence-corrected chi connectivity index (χ4v) is 4.20. The second-order valence-corrected chi connectivity index (χ2v) is 8.92. The Kier molecular flexibility index (Phi) is 6.72. The van der Waals surface area contributed by atoms with E-state index in [0.717, 1.165) is 17.5 Å². The van der Waals surface area contributed by atoms with Crippen molar-refractivity contribution in [3.05, 3.63) is 104 Å². The van der Waals surface area contributed by atoms with Gasteiger partial charge in [-0.05, 0) is 50.4 Å². The van der Waals surface area contributed by atoms with E-state index in [1.807, 2.05) is 75.4 Å². The minimum absolute atomic E-state index is 0.0196. The highest BCUT2D eigenvalue weighted by Gasteiger charge is 2.17. The molecule has 4 rings (SSSR count). The Labute approximate surface area is 192 Å². The second kappa shape index (κ2) is 9.84. The maximum atomic E-state index is 13.2. The fourth-order valence-electron chi connectivity index (χ4n) is 3.52. The molecule has 0 atom stereocenters. The minimum atomic E-state index is -0.0196. The van der Waals surface area contributed by atoms with Crippen LogP contribution in [0.5, 0.6) is 5.75 Å². The van der Waals surface area contributed by atoms with Gasteiger partial charge >= 0.3 is 0 Å². The first-order valence-electron chi connectivity index (χ1n) is 10.7. The second-order valence-electron chi connectivity index (χ2n) is 7.88. The van der Waals surface area contributed by atoms with E-state index in [1.54, 1.807) is 17.4 Å². The summed E-state index contributed by atoms with van der Waals surface area (Å²) < 4.78 is 12.5. The lowest BCUT2D eigenvalue weighted by atomic mass is 10.0. The van der Waals surface area contributed by atoms with E-state index in [2.05, 4.69) is 17.5 Å². The molecule has 162 valence electrons. The van der Waals surface area contributed by atoms with Crippen LogP contribution in [0.1, 0.15) is 29.9 Å². The van der Waals surface area contributed by atoms with Crippen LogP contribution in [-0.4, -0.2) is 6.61 Å². The van der Waals surface area contributed by atoms with Crippen LogP contribution in [0.2, 0.25) is 0 Å². The third-order valence-electron chi connectivity index (χ3n) is 5.24. The van der Waals surface area contributed by atoms with Crippen molar-refractivity contribution in [1.82, 2.24) is 0 Å². The molecule has 0 aliphatic carbocycles. The number of thiophene rings is 1. The van der Waals surface area contributed by atoms with Crippen molar-refractivity contribution in [2.75, 3.05) is 6.61 Å². The Hall–Kier alpha value is -3.37. The lowest BCUT2D eigenvalue weighted by Crippen LogP contribution is -2.08. The van der Waals surface area contributed by atoms with Gasteiger partial charge in [0.25, 0.3) is 0 Å². The molecule has 0 fully saturated rings. The van der Waals surface area contributed by atoms with Crippen molar-refractivity contribution in [2.24, 2.45) is 0 Å². The van der Waals surface area contributed by atoms with Crippen LogP contribution in [-0.2, 0) is 6.42 Å². The van der Waals surface area contributed by atoms with Gasteiger partial charge in [-0.3, -0.25) is 4.79 Å². The van der Waals surface area contributed by atoms with Crippen LogP contribution in [0.3, 0.4) is 0 Å². The monoisotopic (exact) mass is 442 g/mol. The van der Waals surface area contributed by atoms with E-state index < -0.39 is 0 Å². The lowest BCUT2D eigenvalue weighted by molar-refractivity contribution is 0.361. The molecule has 0 saturated heterocycles. The van der Waals surface area contributed by atoms with Crippen LogP contribution in [0.15, 0.2) is 86.9 Å². The zero-order chi connectivity index (χ0) is 22.5. The van der Waals surface area contributed by atoms with E-state index in [9.17, 15) is 4.79 Å². The molecule has 0 spiro atoms. The zero-order valence-electron chi connectivity index (χ0n) is 18.6. The molecule has 0 aliphatic rings. The predicted octanol–water partition coefficient (Wildman–Crippen LogP) is 7.43. The highest BCUT2D eigenvalue weighted by Crippen LogP contribution is 2.33. The first kappa shape index (κ1) is 21.8. The number of ether oxygens (including phenoxy) is 1. The topological polar surface area (TPSA) is 39.4 Å². The highest BCUT2D eigenvalue weighted by molar-refractivity contribution is 7.09. The summed E-state index contributed by atoms with van der Waals surface area (Å²) in [7, 11) is 0. The van der Waals surface area contributed by atoms with Gasteiger partial charge in [0.15, 0.2) is 5.43 Å². The number of rotatable bonds is 7.